The number of hydrogen-bond donors (Lipinski definition) is 0. The molecule has 0 aliphatic carbocycles. The highest BCUT2D eigenvalue weighted by Gasteiger charge is 2.42. The first-order chi connectivity index (χ1) is 6.62. The van der Waals surface area contributed by atoms with Crippen molar-refractivity contribution in [3.63, 3.8) is 0 Å². The van der Waals surface area contributed by atoms with Gasteiger partial charge >= 0.3 is 5.97 Å². The third-order valence-electron chi connectivity index (χ3n) is 2.07. The molecule has 0 spiro atoms. The van der Waals surface area contributed by atoms with Crippen molar-refractivity contribution in [1.82, 2.24) is 0 Å². The molecular weight excluding hydrogens is 189 g/mol. The Morgan fingerprint density at radius 3 is 3.00 bits per heavy atom. The number of nitrogens with zero attached hydrogens (tertiary/aromatic N) is 1. The SMILES string of the molecule is CCC1=NOC(C)(C(=O)OCCF)C1. The Morgan fingerprint density at radius 1 is 1.79 bits per heavy atom. The van der Waals surface area contributed by atoms with Gasteiger partial charge in [0, 0.05) is 6.42 Å². The second kappa shape index (κ2) is 4.39. The lowest BCUT2D eigenvalue weighted by Gasteiger charge is -2.18. The maximum atomic E-state index is 11.8. The molecule has 5 heteroatoms. The summed E-state index contributed by atoms with van der Waals surface area (Å²) in [6.07, 6.45) is 1.17. The van der Waals surface area contributed by atoms with E-state index in [0.717, 1.165) is 12.1 Å². The van der Waals surface area contributed by atoms with Gasteiger partial charge in [-0.1, -0.05) is 12.1 Å². The fourth-order valence-corrected chi connectivity index (χ4v) is 1.20. The number of rotatable bonds is 4. The van der Waals surface area contributed by atoms with E-state index in [9.17, 15) is 9.18 Å². The van der Waals surface area contributed by atoms with Crippen LogP contribution in [0.4, 0.5) is 4.39 Å². The van der Waals surface area contributed by atoms with Crippen LogP contribution in [0.15, 0.2) is 5.16 Å². The minimum absolute atomic E-state index is 0.223. The van der Waals surface area contributed by atoms with Crippen LogP contribution in [-0.2, 0) is 14.4 Å². The van der Waals surface area contributed by atoms with Crippen molar-refractivity contribution >= 4 is 11.7 Å². The lowest BCUT2D eigenvalue weighted by Crippen LogP contribution is -2.37. The van der Waals surface area contributed by atoms with Gasteiger partial charge in [-0.25, -0.2) is 9.18 Å². The van der Waals surface area contributed by atoms with Gasteiger partial charge < -0.3 is 9.57 Å². The van der Waals surface area contributed by atoms with Gasteiger partial charge in [0.2, 0.25) is 5.60 Å². The van der Waals surface area contributed by atoms with Crippen LogP contribution in [0.2, 0.25) is 0 Å². The van der Waals surface area contributed by atoms with Crippen molar-refractivity contribution in [2.45, 2.75) is 32.3 Å². The molecule has 4 nitrogen and oxygen atoms in total. The molecule has 0 saturated carbocycles. The molecule has 1 atom stereocenters. The van der Waals surface area contributed by atoms with Gasteiger partial charge in [-0.15, -0.1) is 0 Å². The molecule has 14 heavy (non-hydrogen) atoms. The predicted molar refractivity (Wildman–Crippen MR) is 48.8 cm³/mol. The molecule has 0 aromatic carbocycles. The number of ether oxygens (including phenoxy) is 1. The Morgan fingerprint density at radius 2 is 2.50 bits per heavy atom. The van der Waals surface area contributed by atoms with Gasteiger partial charge in [0.05, 0.1) is 5.71 Å². The molecule has 1 heterocycles. The summed E-state index contributed by atoms with van der Waals surface area (Å²) >= 11 is 0. The minimum Gasteiger partial charge on any atom is -0.460 e. The monoisotopic (exact) mass is 203 g/mol. The Bertz CT molecular complexity index is 254. The van der Waals surface area contributed by atoms with Crippen LogP contribution in [0.25, 0.3) is 0 Å². The number of alkyl halides is 1. The first kappa shape index (κ1) is 10.9. The highest BCUT2D eigenvalue weighted by atomic mass is 19.1. The van der Waals surface area contributed by atoms with Crippen LogP contribution in [0.5, 0.6) is 0 Å². The van der Waals surface area contributed by atoms with E-state index < -0.39 is 18.2 Å². The molecule has 0 amide bonds. The van der Waals surface area contributed by atoms with E-state index in [0.29, 0.717) is 6.42 Å². The number of oxime groups is 1. The first-order valence-electron chi connectivity index (χ1n) is 4.59. The van der Waals surface area contributed by atoms with E-state index in [1.54, 1.807) is 6.92 Å². The zero-order valence-corrected chi connectivity index (χ0v) is 8.38. The van der Waals surface area contributed by atoms with E-state index in [4.69, 9.17) is 4.84 Å². The summed E-state index contributed by atoms with van der Waals surface area (Å²) in [7, 11) is 0. The Balaban J connectivity index is 2.48. The zero-order chi connectivity index (χ0) is 10.6. The molecule has 0 radical (unpaired) electrons. The summed E-state index contributed by atoms with van der Waals surface area (Å²) in [6, 6.07) is 0. The van der Waals surface area contributed by atoms with Gasteiger partial charge in [-0.2, -0.15) is 0 Å². The van der Waals surface area contributed by atoms with Gasteiger partial charge in [0.15, 0.2) is 0 Å². The second-order valence-electron chi connectivity index (χ2n) is 3.33. The van der Waals surface area contributed by atoms with Crippen molar-refractivity contribution in [3.05, 3.63) is 0 Å². The Hall–Kier alpha value is -1.13. The van der Waals surface area contributed by atoms with Gasteiger partial charge in [0.25, 0.3) is 0 Å². The highest BCUT2D eigenvalue weighted by molar-refractivity contribution is 5.93. The van der Waals surface area contributed by atoms with Crippen molar-refractivity contribution < 1.29 is 18.8 Å². The standard InChI is InChI=1S/C9H14FNO3/c1-3-7-6-9(2,14-11-7)8(12)13-5-4-10/h3-6H2,1-2H3. The lowest BCUT2D eigenvalue weighted by molar-refractivity contribution is -0.167. The molecule has 0 saturated heterocycles. The van der Waals surface area contributed by atoms with Crippen LogP contribution in [-0.4, -0.2) is 30.6 Å². The molecule has 0 N–H and O–H groups in total. The van der Waals surface area contributed by atoms with E-state index in [-0.39, 0.29) is 6.61 Å². The largest absolute Gasteiger partial charge is 0.460 e. The molecule has 0 aromatic heterocycles. The van der Waals surface area contributed by atoms with E-state index >= 15 is 0 Å². The van der Waals surface area contributed by atoms with Gasteiger partial charge in [-0.05, 0) is 13.3 Å². The molecule has 0 fully saturated rings. The predicted octanol–water partition coefficient (Wildman–Crippen LogP) is 1.44. The van der Waals surface area contributed by atoms with E-state index in [1.807, 2.05) is 6.92 Å². The third kappa shape index (κ3) is 2.21. The smallest absolute Gasteiger partial charge is 0.353 e. The van der Waals surface area contributed by atoms with Crippen molar-refractivity contribution in [3.8, 4) is 0 Å². The molecule has 1 rings (SSSR count). The topological polar surface area (TPSA) is 47.9 Å². The minimum atomic E-state index is -1.06. The number of carbonyl (C=O) groups excluding carboxylic acids is 1. The molecule has 0 aromatic rings. The normalized spacial score (nSPS) is 25.5. The molecule has 0 bridgehead atoms. The van der Waals surface area contributed by atoms with Gasteiger partial charge in [0.1, 0.15) is 13.3 Å². The maximum absolute atomic E-state index is 11.8. The number of carbonyl (C=O) groups is 1. The van der Waals surface area contributed by atoms with Crippen LogP contribution in [0.1, 0.15) is 26.7 Å². The summed E-state index contributed by atoms with van der Waals surface area (Å²) in [4.78, 5) is 16.4. The maximum Gasteiger partial charge on any atom is 0.353 e. The Kier molecular flexibility index (Phi) is 3.43. The molecule has 1 aliphatic heterocycles. The summed E-state index contributed by atoms with van der Waals surface area (Å²) < 4.78 is 16.4. The number of halogens is 1. The van der Waals surface area contributed by atoms with Crippen LogP contribution in [0.3, 0.4) is 0 Å². The van der Waals surface area contributed by atoms with Crippen LogP contribution >= 0.6 is 0 Å². The fourth-order valence-electron chi connectivity index (χ4n) is 1.20. The summed E-state index contributed by atoms with van der Waals surface area (Å²) in [5, 5.41) is 3.76. The van der Waals surface area contributed by atoms with Crippen molar-refractivity contribution in [2.24, 2.45) is 5.16 Å². The van der Waals surface area contributed by atoms with Crippen LogP contribution in [0, 0.1) is 0 Å². The molecular formula is C9H14FNO3. The summed E-state index contributed by atoms with van der Waals surface area (Å²) in [6.45, 7) is 2.63. The first-order valence-corrected chi connectivity index (χ1v) is 4.59. The fraction of sp³-hybridized carbons (Fsp3) is 0.778. The van der Waals surface area contributed by atoms with Crippen LogP contribution < -0.4 is 0 Å². The van der Waals surface area contributed by atoms with E-state index in [2.05, 4.69) is 9.89 Å². The quantitative estimate of drug-likeness (QED) is 0.649. The molecule has 1 unspecified atom stereocenters. The average molecular weight is 203 g/mol. The number of hydrogen-bond acceptors (Lipinski definition) is 4. The third-order valence-corrected chi connectivity index (χ3v) is 2.07. The highest BCUT2D eigenvalue weighted by Crippen LogP contribution is 2.25. The molecule has 1 aliphatic rings. The van der Waals surface area contributed by atoms with Gasteiger partial charge in [-0.3, -0.25) is 0 Å². The van der Waals surface area contributed by atoms with E-state index in [1.165, 1.54) is 0 Å². The second-order valence-corrected chi connectivity index (χ2v) is 3.33. The molecule has 80 valence electrons. The Labute approximate surface area is 82.1 Å². The summed E-state index contributed by atoms with van der Waals surface area (Å²) in [5.74, 6) is -0.553. The lowest BCUT2D eigenvalue weighted by atomic mass is 9.99. The average Bonchev–Trinajstić information content (AvgIpc) is 2.58. The summed E-state index contributed by atoms with van der Waals surface area (Å²) in [5.41, 5.74) is -0.231. The van der Waals surface area contributed by atoms with Crippen molar-refractivity contribution in [1.29, 1.82) is 0 Å². The van der Waals surface area contributed by atoms with Crippen molar-refractivity contribution in [2.75, 3.05) is 13.3 Å². The zero-order valence-electron chi connectivity index (χ0n) is 8.38. The number of esters is 1.